The van der Waals surface area contributed by atoms with Gasteiger partial charge in [0, 0.05) is 0 Å². The molecule has 0 heterocycles. The van der Waals surface area contributed by atoms with E-state index in [1.807, 2.05) is 26.0 Å². The predicted molar refractivity (Wildman–Crippen MR) is 115 cm³/mol. The zero-order chi connectivity index (χ0) is 20.1. The van der Waals surface area contributed by atoms with Gasteiger partial charge in [-0.1, -0.05) is 97.0 Å². The minimum absolute atomic E-state index is 0.284. The van der Waals surface area contributed by atoms with Crippen molar-refractivity contribution >= 4 is 10.1 Å². The SMILES string of the molecule is C=CS(=O)(=O)OCCCCCCCCCCCCCCCC.CN(C)C. The van der Waals surface area contributed by atoms with Crippen LogP contribution in [0.1, 0.15) is 96.8 Å². The zero-order valence-electron chi connectivity index (χ0n) is 18.0. The number of rotatable bonds is 17. The van der Waals surface area contributed by atoms with Crippen LogP contribution in [0.2, 0.25) is 0 Å². The van der Waals surface area contributed by atoms with Gasteiger partial charge in [0.25, 0.3) is 10.1 Å². The van der Waals surface area contributed by atoms with Crippen molar-refractivity contribution < 1.29 is 12.6 Å². The van der Waals surface area contributed by atoms with Gasteiger partial charge < -0.3 is 4.90 Å². The van der Waals surface area contributed by atoms with Gasteiger partial charge in [-0.15, -0.1) is 0 Å². The lowest BCUT2D eigenvalue weighted by molar-refractivity contribution is 0.311. The summed E-state index contributed by atoms with van der Waals surface area (Å²) in [4.78, 5) is 2.00. The van der Waals surface area contributed by atoms with E-state index >= 15 is 0 Å². The monoisotopic (exact) mass is 391 g/mol. The average Bonchev–Trinajstić information content (AvgIpc) is 2.58. The van der Waals surface area contributed by atoms with E-state index in [2.05, 4.69) is 13.5 Å². The summed E-state index contributed by atoms with van der Waals surface area (Å²) >= 11 is 0. The van der Waals surface area contributed by atoms with Gasteiger partial charge in [-0.2, -0.15) is 8.42 Å². The number of nitrogens with zero attached hydrogens (tertiary/aromatic N) is 1. The molecule has 0 N–H and O–H groups in total. The molecule has 0 aliphatic carbocycles. The van der Waals surface area contributed by atoms with Crippen LogP contribution in [0.15, 0.2) is 12.0 Å². The third-order valence-corrected chi connectivity index (χ3v) is 4.85. The Morgan fingerprint density at radius 3 is 1.35 bits per heavy atom. The summed E-state index contributed by atoms with van der Waals surface area (Å²) in [5.74, 6) is 0. The Kier molecular flexibility index (Phi) is 22.4. The second-order valence-electron chi connectivity index (χ2n) is 7.42. The third-order valence-electron chi connectivity index (χ3n) is 3.95. The van der Waals surface area contributed by atoms with Crippen LogP contribution in [0.4, 0.5) is 0 Å². The summed E-state index contributed by atoms with van der Waals surface area (Å²) in [6, 6.07) is 0. The molecular formula is C21H45NO3S. The highest BCUT2D eigenvalue weighted by Gasteiger charge is 2.03. The van der Waals surface area contributed by atoms with Gasteiger partial charge in [-0.05, 0) is 27.6 Å². The first-order valence-corrected chi connectivity index (χ1v) is 12.0. The molecule has 0 fully saturated rings. The molecule has 0 aromatic heterocycles. The lowest BCUT2D eigenvalue weighted by atomic mass is 10.0. The Bertz CT molecular complexity index is 378. The number of hydrogen-bond acceptors (Lipinski definition) is 4. The molecule has 158 valence electrons. The van der Waals surface area contributed by atoms with Gasteiger partial charge in [-0.25, -0.2) is 0 Å². The third kappa shape index (κ3) is 28.4. The van der Waals surface area contributed by atoms with Crippen LogP contribution in [0, 0.1) is 0 Å². The standard InChI is InChI=1S/C18H36O3S.C3H9N/c1-3-5-6-7-8-9-10-11-12-13-14-15-16-17-18-21-22(19,20)4-2;1-4(2)3/h4H,2-3,5-18H2,1H3;1-3H3. The molecule has 0 amide bonds. The minimum atomic E-state index is -3.47. The van der Waals surface area contributed by atoms with E-state index in [1.54, 1.807) is 0 Å². The fraction of sp³-hybridized carbons (Fsp3) is 0.905. The van der Waals surface area contributed by atoms with Crippen LogP contribution in [-0.2, 0) is 14.3 Å². The molecule has 26 heavy (non-hydrogen) atoms. The Balaban J connectivity index is 0. The summed E-state index contributed by atoms with van der Waals surface area (Å²) in [6.45, 7) is 5.75. The second kappa shape index (κ2) is 20.9. The van der Waals surface area contributed by atoms with Crippen LogP contribution < -0.4 is 0 Å². The van der Waals surface area contributed by atoms with Crippen molar-refractivity contribution in [2.24, 2.45) is 0 Å². The molecule has 0 spiro atoms. The van der Waals surface area contributed by atoms with E-state index in [1.165, 1.54) is 77.0 Å². The first-order valence-electron chi connectivity index (χ1n) is 10.5. The maximum absolute atomic E-state index is 11.0. The van der Waals surface area contributed by atoms with E-state index in [-0.39, 0.29) is 6.61 Å². The molecule has 5 heteroatoms. The Labute approximate surface area is 164 Å². The number of hydrogen-bond donors (Lipinski definition) is 0. The van der Waals surface area contributed by atoms with Crippen molar-refractivity contribution in [2.75, 3.05) is 27.7 Å². The maximum atomic E-state index is 11.0. The fourth-order valence-electron chi connectivity index (χ4n) is 2.52. The van der Waals surface area contributed by atoms with Crippen LogP contribution in [0.25, 0.3) is 0 Å². The van der Waals surface area contributed by atoms with E-state index in [9.17, 15) is 8.42 Å². The summed E-state index contributed by atoms with van der Waals surface area (Å²) in [5.41, 5.74) is 0. The van der Waals surface area contributed by atoms with Gasteiger partial charge in [0.15, 0.2) is 0 Å². The van der Waals surface area contributed by atoms with Gasteiger partial charge in [0.05, 0.1) is 12.0 Å². The quantitative estimate of drug-likeness (QED) is 0.221. The van der Waals surface area contributed by atoms with Crippen LogP contribution in [0.5, 0.6) is 0 Å². The lowest BCUT2D eigenvalue weighted by Gasteiger charge is -2.03. The van der Waals surface area contributed by atoms with E-state index in [0.717, 1.165) is 18.2 Å². The van der Waals surface area contributed by atoms with E-state index in [0.29, 0.717) is 0 Å². The molecule has 0 saturated heterocycles. The fourth-order valence-corrected chi connectivity index (χ4v) is 2.97. The maximum Gasteiger partial charge on any atom is 0.289 e. The van der Waals surface area contributed by atoms with Crippen LogP contribution in [0.3, 0.4) is 0 Å². The molecule has 0 aliphatic heterocycles. The van der Waals surface area contributed by atoms with Crippen molar-refractivity contribution in [3.63, 3.8) is 0 Å². The summed E-state index contributed by atoms with van der Waals surface area (Å²) in [7, 11) is 2.53. The highest BCUT2D eigenvalue weighted by atomic mass is 32.2. The van der Waals surface area contributed by atoms with Crippen LogP contribution in [-0.4, -0.2) is 41.1 Å². The normalized spacial score (nSPS) is 11.3. The highest BCUT2D eigenvalue weighted by molar-refractivity contribution is 7.89. The van der Waals surface area contributed by atoms with Crippen molar-refractivity contribution in [3.8, 4) is 0 Å². The van der Waals surface area contributed by atoms with Crippen molar-refractivity contribution in [2.45, 2.75) is 96.8 Å². The Hall–Kier alpha value is -0.390. The van der Waals surface area contributed by atoms with E-state index in [4.69, 9.17) is 4.18 Å². The molecule has 0 aromatic rings. The molecule has 0 radical (unpaired) electrons. The van der Waals surface area contributed by atoms with Gasteiger partial charge in [0.1, 0.15) is 0 Å². The van der Waals surface area contributed by atoms with Gasteiger partial charge in [0.2, 0.25) is 0 Å². The highest BCUT2D eigenvalue weighted by Crippen LogP contribution is 2.13. The molecule has 0 aliphatic rings. The zero-order valence-corrected chi connectivity index (χ0v) is 18.8. The van der Waals surface area contributed by atoms with Crippen molar-refractivity contribution in [1.29, 1.82) is 0 Å². The molecule has 0 bridgehead atoms. The molecule has 0 aromatic carbocycles. The Morgan fingerprint density at radius 2 is 1.04 bits per heavy atom. The topological polar surface area (TPSA) is 46.6 Å². The first-order chi connectivity index (χ1) is 12.4. The van der Waals surface area contributed by atoms with Crippen molar-refractivity contribution in [1.82, 2.24) is 4.90 Å². The van der Waals surface area contributed by atoms with Crippen molar-refractivity contribution in [3.05, 3.63) is 12.0 Å². The van der Waals surface area contributed by atoms with E-state index < -0.39 is 10.1 Å². The molecular weight excluding hydrogens is 346 g/mol. The molecule has 0 unspecified atom stereocenters. The predicted octanol–water partition coefficient (Wildman–Crippen LogP) is 6.14. The lowest BCUT2D eigenvalue weighted by Crippen LogP contribution is -2.02. The molecule has 4 nitrogen and oxygen atoms in total. The van der Waals surface area contributed by atoms with Crippen LogP contribution >= 0.6 is 0 Å². The minimum Gasteiger partial charge on any atom is -0.312 e. The number of unbranched alkanes of at least 4 members (excludes halogenated alkanes) is 13. The summed E-state index contributed by atoms with van der Waals surface area (Å²) in [6.07, 6.45) is 18.1. The average molecular weight is 392 g/mol. The second-order valence-corrected chi connectivity index (χ2v) is 8.97. The molecule has 0 rings (SSSR count). The van der Waals surface area contributed by atoms with Gasteiger partial charge >= 0.3 is 0 Å². The van der Waals surface area contributed by atoms with Gasteiger partial charge in [-0.3, -0.25) is 4.18 Å². The summed E-state index contributed by atoms with van der Waals surface area (Å²) < 4.78 is 26.7. The largest absolute Gasteiger partial charge is 0.312 e. The smallest absolute Gasteiger partial charge is 0.289 e. The molecule has 0 atom stereocenters. The molecule has 0 saturated carbocycles. The first kappa shape index (κ1) is 27.8. The Morgan fingerprint density at radius 1 is 0.731 bits per heavy atom. The summed E-state index contributed by atoms with van der Waals surface area (Å²) in [5, 5.41) is 0.858.